The zero-order valence-corrected chi connectivity index (χ0v) is 19.5. The summed E-state index contributed by atoms with van der Waals surface area (Å²) in [6.45, 7) is 5.44. The number of halogens is 4. The molecular formula is C22H32F4O6S. The van der Waals surface area contributed by atoms with Crippen molar-refractivity contribution in [3.63, 3.8) is 0 Å². The maximum atomic E-state index is 13.5. The molecule has 0 unspecified atom stereocenters. The average Bonchev–Trinajstić information content (AvgIpc) is 2.71. The molecule has 4 rings (SSSR count). The molecule has 4 bridgehead atoms. The standard InChI is InChI=1S/C22H32F4O6S/c1-3-20(17-9-15-8-16(11-17)12-18(20)10-15)32-19(27)14(2)13-31-7-5-4-6-21(23,24)22(25,26)33(28,29)30/h15-18H,2-13H2,1H3,(H,28,29,30). The van der Waals surface area contributed by atoms with Crippen molar-refractivity contribution in [1.29, 1.82) is 0 Å². The summed E-state index contributed by atoms with van der Waals surface area (Å²) in [7, 11) is -6.23. The molecule has 190 valence electrons. The molecule has 0 aliphatic heterocycles. The lowest BCUT2D eigenvalue weighted by Gasteiger charge is -2.60. The van der Waals surface area contributed by atoms with Crippen LogP contribution in [0, 0.1) is 23.7 Å². The van der Waals surface area contributed by atoms with Crippen LogP contribution < -0.4 is 0 Å². The highest BCUT2D eigenvalue weighted by Gasteiger charge is 2.65. The van der Waals surface area contributed by atoms with Crippen molar-refractivity contribution in [1.82, 2.24) is 0 Å². The van der Waals surface area contributed by atoms with E-state index < -0.39 is 45.7 Å². The zero-order valence-electron chi connectivity index (χ0n) is 18.7. The fourth-order valence-electron chi connectivity index (χ4n) is 6.18. The number of rotatable bonds is 12. The molecule has 0 heterocycles. The monoisotopic (exact) mass is 500 g/mol. The predicted molar refractivity (Wildman–Crippen MR) is 111 cm³/mol. The second kappa shape index (κ2) is 9.45. The maximum Gasteiger partial charge on any atom is 0.431 e. The number of ether oxygens (including phenoxy) is 2. The molecule has 1 N–H and O–H groups in total. The van der Waals surface area contributed by atoms with Crippen molar-refractivity contribution >= 4 is 16.1 Å². The van der Waals surface area contributed by atoms with Crippen molar-refractivity contribution in [2.75, 3.05) is 13.2 Å². The summed E-state index contributed by atoms with van der Waals surface area (Å²) >= 11 is 0. The van der Waals surface area contributed by atoms with Crippen LogP contribution in [0.5, 0.6) is 0 Å². The Balaban J connectivity index is 1.41. The minimum absolute atomic E-state index is 0.0781. The molecule has 0 aromatic carbocycles. The molecule has 0 aromatic rings. The van der Waals surface area contributed by atoms with Gasteiger partial charge in [0.1, 0.15) is 5.60 Å². The van der Waals surface area contributed by atoms with Gasteiger partial charge in [-0.25, -0.2) is 4.79 Å². The molecule has 0 amide bonds. The first-order valence-corrected chi connectivity index (χ1v) is 12.9. The van der Waals surface area contributed by atoms with Crippen molar-refractivity contribution in [2.45, 2.75) is 81.5 Å². The van der Waals surface area contributed by atoms with E-state index in [1.165, 1.54) is 6.42 Å². The van der Waals surface area contributed by atoms with Gasteiger partial charge in [0.15, 0.2) is 0 Å². The van der Waals surface area contributed by atoms with Gasteiger partial charge in [0, 0.05) is 13.0 Å². The Labute approximate surface area is 191 Å². The summed E-state index contributed by atoms with van der Waals surface area (Å²) in [5.41, 5.74) is -0.378. The molecule has 0 aromatic heterocycles. The molecular weight excluding hydrogens is 468 g/mol. The Bertz CT molecular complexity index is 829. The van der Waals surface area contributed by atoms with Crippen LogP contribution >= 0.6 is 0 Å². The predicted octanol–water partition coefficient (Wildman–Crippen LogP) is 4.99. The van der Waals surface area contributed by atoms with Crippen molar-refractivity contribution < 1.29 is 44.8 Å². The smallest absolute Gasteiger partial charge is 0.431 e. The second-order valence-corrected chi connectivity index (χ2v) is 11.3. The van der Waals surface area contributed by atoms with Crippen molar-refractivity contribution in [2.24, 2.45) is 23.7 Å². The first-order valence-electron chi connectivity index (χ1n) is 11.4. The Morgan fingerprint density at radius 2 is 1.61 bits per heavy atom. The maximum absolute atomic E-state index is 13.5. The molecule has 0 atom stereocenters. The average molecular weight is 501 g/mol. The number of unbranched alkanes of at least 4 members (excludes halogenated alkanes) is 1. The van der Waals surface area contributed by atoms with E-state index in [0.717, 1.165) is 43.9 Å². The normalized spacial score (nSPS) is 31.6. The van der Waals surface area contributed by atoms with Gasteiger partial charge in [-0.3, -0.25) is 4.55 Å². The third-order valence-electron chi connectivity index (χ3n) is 7.70. The lowest BCUT2D eigenvalue weighted by Crippen LogP contribution is -2.59. The lowest BCUT2D eigenvalue weighted by atomic mass is 9.49. The van der Waals surface area contributed by atoms with Gasteiger partial charge < -0.3 is 9.47 Å². The van der Waals surface area contributed by atoms with E-state index in [9.17, 15) is 30.8 Å². The van der Waals surface area contributed by atoms with E-state index in [1.807, 2.05) is 6.92 Å². The fourth-order valence-corrected chi connectivity index (χ4v) is 6.66. The van der Waals surface area contributed by atoms with Gasteiger partial charge in [-0.15, -0.1) is 0 Å². The highest BCUT2D eigenvalue weighted by molar-refractivity contribution is 7.87. The van der Waals surface area contributed by atoms with Crippen LogP contribution in [0.2, 0.25) is 0 Å². The van der Waals surface area contributed by atoms with Crippen LogP contribution in [0.15, 0.2) is 12.2 Å². The summed E-state index contributed by atoms with van der Waals surface area (Å²) in [4.78, 5) is 12.7. The van der Waals surface area contributed by atoms with Crippen LogP contribution in [0.1, 0.15) is 64.7 Å². The summed E-state index contributed by atoms with van der Waals surface area (Å²) in [5, 5.41) is -5.56. The van der Waals surface area contributed by atoms with E-state index >= 15 is 0 Å². The quantitative estimate of drug-likeness (QED) is 0.133. The van der Waals surface area contributed by atoms with Gasteiger partial charge >= 0.3 is 27.3 Å². The molecule has 4 aliphatic rings. The van der Waals surface area contributed by atoms with E-state index in [0.29, 0.717) is 11.8 Å². The van der Waals surface area contributed by atoms with Crippen LogP contribution in [0.4, 0.5) is 17.6 Å². The summed E-state index contributed by atoms with van der Waals surface area (Å²) in [6, 6.07) is 0. The third-order valence-corrected chi connectivity index (χ3v) is 8.65. The Morgan fingerprint density at radius 1 is 1.06 bits per heavy atom. The van der Waals surface area contributed by atoms with Crippen molar-refractivity contribution in [3.8, 4) is 0 Å². The molecule has 4 fully saturated rings. The molecule has 4 saturated carbocycles. The minimum atomic E-state index is -6.23. The largest absolute Gasteiger partial charge is 0.455 e. The second-order valence-electron chi connectivity index (χ2n) is 9.81. The number of alkyl halides is 4. The zero-order chi connectivity index (χ0) is 24.7. The highest BCUT2D eigenvalue weighted by atomic mass is 32.2. The van der Waals surface area contributed by atoms with Gasteiger partial charge in [0.25, 0.3) is 0 Å². The van der Waals surface area contributed by atoms with E-state index in [-0.39, 0.29) is 25.2 Å². The molecule has 4 aliphatic carbocycles. The molecule has 33 heavy (non-hydrogen) atoms. The van der Waals surface area contributed by atoms with Crippen LogP contribution in [0.3, 0.4) is 0 Å². The Hall–Kier alpha value is -1.20. The Kier molecular flexibility index (Phi) is 7.56. The van der Waals surface area contributed by atoms with Gasteiger partial charge in [-0.1, -0.05) is 13.5 Å². The van der Waals surface area contributed by atoms with Gasteiger partial charge in [-0.05, 0) is 75.0 Å². The summed E-state index contributed by atoms with van der Waals surface area (Å²) in [6.07, 6.45) is 4.35. The van der Waals surface area contributed by atoms with E-state index in [4.69, 9.17) is 14.0 Å². The molecule has 0 spiro atoms. The van der Waals surface area contributed by atoms with E-state index in [1.54, 1.807) is 0 Å². The van der Waals surface area contributed by atoms with Crippen LogP contribution in [-0.4, -0.2) is 48.9 Å². The summed E-state index contributed by atoms with van der Waals surface area (Å²) in [5.74, 6) is -3.29. The SMILES string of the molecule is C=C(COCCCCC(F)(F)C(F)(F)S(=O)(=O)O)C(=O)OC1(CC)C2CC3CC(C2)CC1C3. The lowest BCUT2D eigenvalue weighted by molar-refractivity contribution is -0.207. The minimum Gasteiger partial charge on any atom is -0.455 e. The van der Waals surface area contributed by atoms with E-state index in [2.05, 4.69) is 6.58 Å². The number of esters is 1. The molecule has 0 radical (unpaired) electrons. The topological polar surface area (TPSA) is 89.9 Å². The van der Waals surface area contributed by atoms with Crippen molar-refractivity contribution in [3.05, 3.63) is 12.2 Å². The van der Waals surface area contributed by atoms with Gasteiger partial charge in [0.05, 0.1) is 12.2 Å². The van der Waals surface area contributed by atoms with Gasteiger partial charge in [-0.2, -0.15) is 26.0 Å². The number of carbonyl (C=O) groups is 1. The molecule has 0 saturated heterocycles. The Morgan fingerprint density at radius 3 is 2.09 bits per heavy atom. The summed E-state index contributed by atoms with van der Waals surface area (Å²) < 4.78 is 93.8. The first kappa shape index (κ1) is 26.4. The molecule has 11 heteroatoms. The third kappa shape index (κ3) is 5.10. The highest BCUT2D eigenvalue weighted by Crippen LogP contribution is 2.60. The fraction of sp³-hybridized carbons (Fsp3) is 0.864. The van der Waals surface area contributed by atoms with Crippen LogP contribution in [0.25, 0.3) is 0 Å². The van der Waals surface area contributed by atoms with Crippen LogP contribution in [-0.2, 0) is 24.4 Å². The number of hydrogen-bond donors (Lipinski definition) is 1. The molecule has 6 nitrogen and oxygen atoms in total. The van der Waals surface area contributed by atoms with Gasteiger partial charge in [0.2, 0.25) is 0 Å². The first-order chi connectivity index (χ1) is 15.2. The number of hydrogen-bond acceptors (Lipinski definition) is 5. The number of carbonyl (C=O) groups excluding carboxylic acids is 1.